The van der Waals surface area contributed by atoms with E-state index in [1.54, 1.807) is 54.6 Å². The normalized spacial score (nSPS) is 12.1. The molecule has 0 unspecified atom stereocenters. The monoisotopic (exact) mass is 434 g/mol. The summed E-state index contributed by atoms with van der Waals surface area (Å²) in [7, 11) is -3.75. The molecule has 0 aliphatic heterocycles. The van der Waals surface area contributed by atoms with Crippen molar-refractivity contribution in [3.63, 3.8) is 0 Å². The van der Waals surface area contributed by atoms with Gasteiger partial charge in [0.05, 0.1) is 23.2 Å². The molecule has 160 valence electrons. The van der Waals surface area contributed by atoms with Crippen LogP contribution in [0.5, 0.6) is 0 Å². The van der Waals surface area contributed by atoms with Crippen molar-refractivity contribution in [3.05, 3.63) is 108 Å². The molecule has 0 bridgehead atoms. The quantitative estimate of drug-likeness (QED) is 0.515. The Hall–Kier alpha value is -3.38. The molecule has 0 heterocycles. The Morgan fingerprint density at radius 2 is 1.61 bits per heavy atom. The third-order valence-electron chi connectivity index (χ3n) is 4.97. The van der Waals surface area contributed by atoms with E-state index < -0.39 is 10.0 Å². The fraction of sp³-hybridized carbons (Fsp3) is 0.160. The number of hydrogen-bond acceptors (Lipinski definition) is 3. The Morgan fingerprint density at radius 1 is 1.00 bits per heavy atom. The highest BCUT2D eigenvalue weighted by atomic mass is 32.2. The van der Waals surface area contributed by atoms with Crippen molar-refractivity contribution < 1.29 is 13.2 Å². The van der Waals surface area contributed by atoms with Gasteiger partial charge in [0.1, 0.15) is 0 Å². The average Bonchev–Trinajstić information content (AvgIpc) is 2.78. The van der Waals surface area contributed by atoms with Crippen LogP contribution in [0.3, 0.4) is 0 Å². The molecule has 0 spiro atoms. The lowest BCUT2D eigenvalue weighted by Gasteiger charge is -2.23. The van der Waals surface area contributed by atoms with Gasteiger partial charge in [-0.15, -0.1) is 6.58 Å². The largest absolute Gasteiger partial charge is 0.346 e. The highest BCUT2D eigenvalue weighted by Gasteiger charge is 2.24. The van der Waals surface area contributed by atoms with Gasteiger partial charge in [-0.2, -0.15) is 0 Å². The second kappa shape index (κ2) is 9.62. The first-order valence-electron chi connectivity index (χ1n) is 9.99. The number of hydrogen-bond donors (Lipinski definition) is 1. The van der Waals surface area contributed by atoms with Crippen LogP contribution in [0.15, 0.2) is 96.4 Å². The topological polar surface area (TPSA) is 66.5 Å². The van der Waals surface area contributed by atoms with E-state index in [0.29, 0.717) is 11.3 Å². The molecule has 31 heavy (non-hydrogen) atoms. The lowest BCUT2D eigenvalue weighted by atomic mass is 10.1. The highest BCUT2D eigenvalue weighted by Crippen LogP contribution is 2.24. The molecule has 3 rings (SSSR count). The second-order valence-electron chi connectivity index (χ2n) is 7.29. The molecule has 3 aromatic carbocycles. The summed E-state index contributed by atoms with van der Waals surface area (Å²) in [5, 5.41) is 2.97. The van der Waals surface area contributed by atoms with Crippen molar-refractivity contribution in [1.29, 1.82) is 0 Å². The summed E-state index contributed by atoms with van der Waals surface area (Å²) >= 11 is 0. The van der Waals surface area contributed by atoms with Crippen LogP contribution in [0.25, 0.3) is 0 Å². The van der Waals surface area contributed by atoms with Crippen molar-refractivity contribution in [2.75, 3.05) is 10.8 Å². The smallest absolute Gasteiger partial charge is 0.264 e. The molecule has 1 N–H and O–H groups in total. The zero-order valence-electron chi connectivity index (χ0n) is 17.7. The molecule has 1 atom stereocenters. The summed E-state index contributed by atoms with van der Waals surface area (Å²) < 4.78 is 27.4. The van der Waals surface area contributed by atoms with Gasteiger partial charge in [-0.3, -0.25) is 9.10 Å². The molecule has 0 saturated heterocycles. The van der Waals surface area contributed by atoms with Crippen LogP contribution >= 0.6 is 0 Å². The van der Waals surface area contributed by atoms with Gasteiger partial charge in [0.15, 0.2) is 0 Å². The predicted molar refractivity (Wildman–Crippen MR) is 125 cm³/mol. The Balaban J connectivity index is 1.79. The Morgan fingerprint density at radius 3 is 2.19 bits per heavy atom. The van der Waals surface area contributed by atoms with E-state index in [-0.39, 0.29) is 23.4 Å². The number of aryl methyl sites for hydroxylation is 1. The van der Waals surface area contributed by atoms with Crippen molar-refractivity contribution in [2.24, 2.45) is 0 Å². The molecular weight excluding hydrogens is 408 g/mol. The number of carbonyl (C=O) groups excluding carboxylic acids is 1. The molecular formula is C25H26N2O3S. The minimum atomic E-state index is -3.75. The van der Waals surface area contributed by atoms with Gasteiger partial charge in [-0.25, -0.2) is 8.42 Å². The standard InChI is InChI=1S/C25H26N2O3S/c1-4-18-27(31(29,30)24-8-6-5-7-9-24)23-16-14-22(15-17-23)25(28)26-20(3)21-12-10-19(2)11-13-21/h4-17,20H,1,18H2,2-3H3,(H,26,28)/t20-/m0/s1. The summed E-state index contributed by atoms with van der Waals surface area (Å²) in [5.41, 5.74) is 3.10. The molecule has 0 aliphatic rings. The molecule has 0 fully saturated rings. The summed E-state index contributed by atoms with van der Waals surface area (Å²) in [6, 6.07) is 22.6. The zero-order chi connectivity index (χ0) is 22.4. The van der Waals surface area contributed by atoms with Gasteiger partial charge in [0.2, 0.25) is 0 Å². The van der Waals surface area contributed by atoms with Crippen LogP contribution in [-0.4, -0.2) is 20.9 Å². The predicted octanol–water partition coefficient (Wildman–Crippen LogP) is 4.87. The second-order valence-corrected chi connectivity index (χ2v) is 9.15. The summed E-state index contributed by atoms with van der Waals surface area (Å²) in [5.74, 6) is -0.221. The van der Waals surface area contributed by atoms with Gasteiger partial charge in [-0.1, -0.05) is 54.1 Å². The molecule has 5 nitrogen and oxygen atoms in total. The molecule has 0 aliphatic carbocycles. The van der Waals surface area contributed by atoms with E-state index in [1.807, 2.05) is 38.1 Å². The van der Waals surface area contributed by atoms with Crippen LogP contribution in [-0.2, 0) is 10.0 Å². The maximum absolute atomic E-state index is 13.1. The third kappa shape index (κ3) is 5.22. The lowest BCUT2D eigenvalue weighted by molar-refractivity contribution is 0.0940. The van der Waals surface area contributed by atoms with E-state index in [0.717, 1.165) is 11.1 Å². The number of nitrogens with zero attached hydrogens (tertiary/aromatic N) is 1. The number of benzene rings is 3. The third-order valence-corrected chi connectivity index (χ3v) is 6.78. The van der Waals surface area contributed by atoms with Crippen LogP contribution in [0.1, 0.15) is 34.5 Å². The Kier molecular flexibility index (Phi) is 6.92. The molecule has 1 amide bonds. The van der Waals surface area contributed by atoms with Crippen LogP contribution in [0.2, 0.25) is 0 Å². The Labute approximate surface area is 184 Å². The highest BCUT2D eigenvalue weighted by molar-refractivity contribution is 7.92. The van der Waals surface area contributed by atoms with Crippen molar-refractivity contribution in [2.45, 2.75) is 24.8 Å². The van der Waals surface area contributed by atoms with Crippen LogP contribution < -0.4 is 9.62 Å². The number of amides is 1. The lowest BCUT2D eigenvalue weighted by Crippen LogP contribution is -2.31. The SMILES string of the molecule is C=CCN(c1ccc(C(=O)N[C@@H](C)c2ccc(C)cc2)cc1)S(=O)(=O)c1ccccc1. The molecule has 0 aromatic heterocycles. The zero-order valence-corrected chi connectivity index (χ0v) is 18.5. The number of nitrogens with one attached hydrogen (secondary N) is 1. The summed E-state index contributed by atoms with van der Waals surface area (Å²) in [6.45, 7) is 7.74. The van der Waals surface area contributed by atoms with Gasteiger partial charge in [0, 0.05) is 5.56 Å². The van der Waals surface area contributed by atoms with Crippen molar-refractivity contribution in [3.8, 4) is 0 Å². The molecule has 0 saturated carbocycles. The fourth-order valence-electron chi connectivity index (χ4n) is 3.18. The van der Waals surface area contributed by atoms with Crippen molar-refractivity contribution >= 4 is 21.6 Å². The van der Waals surface area contributed by atoms with Gasteiger partial charge >= 0.3 is 0 Å². The molecule has 6 heteroatoms. The van der Waals surface area contributed by atoms with Gasteiger partial charge < -0.3 is 5.32 Å². The fourth-order valence-corrected chi connectivity index (χ4v) is 4.63. The average molecular weight is 435 g/mol. The van der Waals surface area contributed by atoms with E-state index >= 15 is 0 Å². The van der Waals surface area contributed by atoms with Crippen LogP contribution in [0.4, 0.5) is 5.69 Å². The summed E-state index contributed by atoms with van der Waals surface area (Å²) in [4.78, 5) is 12.9. The van der Waals surface area contributed by atoms with E-state index in [2.05, 4.69) is 11.9 Å². The minimum absolute atomic E-state index is 0.118. The minimum Gasteiger partial charge on any atom is -0.346 e. The Bertz CT molecular complexity index is 1140. The molecule has 3 aromatic rings. The number of rotatable bonds is 8. The maximum atomic E-state index is 13.1. The molecule has 0 radical (unpaired) electrons. The number of sulfonamides is 1. The first kappa shape index (κ1) is 22.3. The van der Waals surface area contributed by atoms with E-state index in [4.69, 9.17) is 0 Å². The van der Waals surface area contributed by atoms with E-state index in [9.17, 15) is 13.2 Å². The van der Waals surface area contributed by atoms with Gasteiger partial charge in [0.25, 0.3) is 15.9 Å². The first-order valence-corrected chi connectivity index (χ1v) is 11.4. The maximum Gasteiger partial charge on any atom is 0.264 e. The first-order chi connectivity index (χ1) is 14.8. The number of carbonyl (C=O) groups is 1. The van der Waals surface area contributed by atoms with Gasteiger partial charge in [-0.05, 0) is 55.8 Å². The van der Waals surface area contributed by atoms with Crippen molar-refractivity contribution in [1.82, 2.24) is 5.32 Å². The summed E-state index contributed by atoms with van der Waals surface area (Å²) in [6.07, 6.45) is 1.53. The van der Waals surface area contributed by atoms with Crippen LogP contribution in [0, 0.1) is 6.92 Å². The van der Waals surface area contributed by atoms with E-state index in [1.165, 1.54) is 10.4 Å². The number of anilines is 1.